The van der Waals surface area contributed by atoms with Crippen molar-refractivity contribution in [3.05, 3.63) is 227 Å². The van der Waals surface area contributed by atoms with Crippen LogP contribution in [0.2, 0.25) is 0 Å². The second-order valence-corrected chi connectivity index (χ2v) is 36.4. The number of hydrogen-bond acceptors (Lipinski definition) is 33. The Morgan fingerprint density at radius 1 is 0.461 bits per heavy atom. The summed E-state index contributed by atoms with van der Waals surface area (Å²) in [5.41, 5.74) is 12.4. The molecule has 6 aliphatic heterocycles. The molecule has 0 aliphatic carbocycles. The largest absolute Gasteiger partial charge is 1.00 e. The molecule has 24 unspecified atom stereocenters. The first-order valence-corrected chi connectivity index (χ1v) is 46.0. The van der Waals surface area contributed by atoms with Gasteiger partial charge in [-0.1, -0.05) is 140 Å². The van der Waals surface area contributed by atoms with Crippen molar-refractivity contribution in [2.24, 2.45) is 17.0 Å². The summed E-state index contributed by atoms with van der Waals surface area (Å²) in [6.45, 7) is 7.20. The van der Waals surface area contributed by atoms with Crippen LogP contribution >= 0.6 is 35.3 Å². The number of benzene rings is 6. The standard InChI is InChI=1S/C31H34F2N6O6S.C28H30F2N6O6S.C23H29FN6O6S.C8H5F.CH3O.3CH4.Na/c1-17-26(15-44-18(2)40)45-31(30(42-3)28(17)39-13-24(35-37-39)20-7-5-9-22(33)11-20)46-27-16-43-14-25(29(27)41)38-12-23(34-36-38)19-6-4-8-21(32)10-19;1-40-27-24(36-11-20(32-34-36)16-5-3-7-18(30)9-16)26(39)22(12-37)42-28(27)43-23-14-41-13-21(25(23)38)35-10-19(31-33-35)15-4-2-6-17(29)8-15;1-12-18(10-35-13(2)31)36-23(37-19-11-34-9-17(21(19)32)26-28-25)22(33-3)20(12)30-8-16(27-29-30)14-5-4-6-15(24)7-14;1-2-7-4-3-5-8(9)6-7;1-2;;;;/h4-13,17,25-31,41H,14-16H2,1-3H3;2-11,21-28,37-39H,12-14H2,1H3;4-8,12,17-23,32H,9-11H2,1-3H3;1,3-6H;1H3;3*1H4;/q;;;;-1;;;;+1. The number of rotatable bonds is 25. The van der Waals surface area contributed by atoms with E-state index in [1.54, 1.807) is 127 Å². The van der Waals surface area contributed by atoms with Crippen molar-refractivity contribution in [3.8, 4) is 68.6 Å². The topological polar surface area (TPSA) is 462 Å². The molecule has 6 saturated heterocycles. The van der Waals surface area contributed by atoms with Crippen LogP contribution in [0.25, 0.3) is 66.7 Å². The van der Waals surface area contributed by atoms with E-state index in [2.05, 4.69) is 67.5 Å². The molecular weight excluding hydrogens is 1920 g/mol. The average molecular weight is 2030 g/mol. The van der Waals surface area contributed by atoms with E-state index in [9.17, 15) is 61.5 Å². The number of azide groups is 1. The SMILES string of the molecule is C.C.C.C#Cc1cccc(F)c1.COC1C(SC2COCC(N=[N+]=[N-])C2O)OC(COC(C)=O)C(C)C1n1cc(-c2cccc(F)c2)nn1.COC1C(SC2COCC(n3cc(-c4cccc(F)c4)nn3)C2O)OC(CO)C(O)C1n1cc(-c2cccc(F)c2)nn1.COC1C(SC2COCC(n3cc(-c4cccc(F)c4)nn3)C2O)OC(COC(C)=O)C(C)C1n1cc(-c2cccc(F)c2)nn1.C[O-].[Na+]. The minimum Gasteiger partial charge on any atom is -0.857 e. The summed E-state index contributed by atoms with van der Waals surface area (Å²) >= 11 is 3.89. The molecule has 47 heteroatoms. The first-order valence-electron chi connectivity index (χ1n) is 43.1. The second kappa shape index (κ2) is 54.5. The van der Waals surface area contributed by atoms with Crippen LogP contribution < -0.4 is 34.7 Å². The molecule has 0 amide bonds. The van der Waals surface area contributed by atoms with E-state index >= 15 is 0 Å². The van der Waals surface area contributed by atoms with Gasteiger partial charge in [0, 0.05) is 85.3 Å². The van der Waals surface area contributed by atoms with Gasteiger partial charge in [0.1, 0.15) is 142 Å². The van der Waals surface area contributed by atoms with E-state index in [0.29, 0.717) is 61.9 Å². The zero-order chi connectivity index (χ0) is 97.7. The number of terminal acetylenes is 1. The molecule has 6 fully saturated rings. The van der Waals surface area contributed by atoms with Gasteiger partial charge >= 0.3 is 41.5 Å². The van der Waals surface area contributed by atoms with Crippen molar-refractivity contribution in [1.82, 2.24) is 75.0 Å². The van der Waals surface area contributed by atoms with Crippen LogP contribution in [0.4, 0.5) is 26.3 Å². The summed E-state index contributed by atoms with van der Waals surface area (Å²) in [4.78, 5) is 26.1. The Labute approximate surface area is 845 Å². The number of nitrogens with zero attached hydrogens (tertiary/aromatic N) is 18. The number of methoxy groups -OCH3 is 3. The minimum absolute atomic E-state index is 0. The van der Waals surface area contributed by atoms with E-state index in [1.165, 1.54) is 143 Å². The van der Waals surface area contributed by atoms with E-state index in [1.807, 2.05) is 13.8 Å². The minimum atomic E-state index is -1.22. The van der Waals surface area contributed by atoms with E-state index < -0.39 is 160 Å². The van der Waals surface area contributed by atoms with Crippen molar-refractivity contribution in [1.29, 1.82) is 0 Å². The van der Waals surface area contributed by atoms with Crippen LogP contribution in [-0.2, 0) is 61.7 Å². The molecule has 11 heterocycles. The van der Waals surface area contributed by atoms with Gasteiger partial charge in [-0.05, 0) is 84.4 Å². The molecule has 6 aromatic carbocycles. The third-order valence-corrected chi connectivity index (χ3v) is 27.8. The summed E-state index contributed by atoms with van der Waals surface area (Å²) in [6, 6.07) is 32.5. The summed E-state index contributed by atoms with van der Waals surface area (Å²) in [6.07, 6.45) is 5.30. The number of thioether (sulfide) groups is 3. The molecule has 0 spiro atoms. The predicted molar refractivity (Wildman–Crippen MR) is 503 cm³/mol. The summed E-state index contributed by atoms with van der Waals surface area (Å²) < 4.78 is 154. The molecule has 141 heavy (non-hydrogen) atoms. The summed E-state index contributed by atoms with van der Waals surface area (Å²) in [5, 5.41) is 108. The molecule has 17 rings (SSSR count). The van der Waals surface area contributed by atoms with Gasteiger partial charge in [0.2, 0.25) is 0 Å². The van der Waals surface area contributed by atoms with Crippen molar-refractivity contribution in [2.75, 3.05) is 87.9 Å². The first kappa shape index (κ1) is 114. The summed E-state index contributed by atoms with van der Waals surface area (Å²) in [5.74, 6) is -1.30. The Morgan fingerprint density at radius 3 is 1.06 bits per heavy atom. The van der Waals surface area contributed by atoms with Gasteiger partial charge in [0.15, 0.2) is 0 Å². The summed E-state index contributed by atoms with van der Waals surface area (Å²) in [7, 11) is 5.33. The van der Waals surface area contributed by atoms with Crippen molar-refractivity contribution < 1.29 is 148 Å². The van der Waals surface area contributed by atoms with Gasteiger partial charge < -0.3 is 82.7 Å². The fourth-order valence-electron chi connectivity index (χ4n) is 16.5. The maximum atomic E-state index is 13.9. The van der Waals surface area contributed by atoms with Crippen LogP contribution in [-0.4, -0.2) is 299 Å². The van der Waals surface area contributed by atoms with Crippen LogP contribution in [0.1, 0.15) is 85.7 Å². The number of aliphatic hydroxyl groups excluding tert-OH is 5. The second-order valence-electron chi connectivity index (χ2n) is 32.3. The van der Waals surface area contributed by atoms with E-state index in [-0.39, 0.29) is 140 Å². The quantitative estimate of drug-likeness (QED) is 0.00688. The number of carbonyl (C=O) groups excluding carboxylic acids is 2. The number of aromatic nitrogens is 15. The Bertz CT molecular complexity index is 5880. The van der Waals surface area contributed by atoms with E-state index in [4.69, 9.17) is 69.2 Å². The molecule has 37 nitrogen and oxygen atoms in total. The average Bonchev–Trinajstić information content (AvgIpc) is 1.74. The molecule has 6 aliphatic rings. The number of aliphatic hydroxyl groups is 5. The van der Waals surface area contributed by atoms with Crippen molar-refractivity contribution in [2.45, 2.75) is 179 Å². The van der Waals surface area contributed by atoms with Crippen LogP contribution in [0.5, 0.6) is 0 Å². The van der Waals surface area contributed by atoms with Gasteiger partial charge in [-0.15, -0.1) is 67.2 Å². The zero-order valence-electron chi connectivity index (χ0n) is 76.0. The molecule has 5 N–H and O–H groups in total. The van der Waals surface area contributed by atoms with Gasteiger partial charge in [-0.3, -0.25) is 9.59 Å². The number of esters is 2. The van der Waals surface area contributed by atoms with Crippen molar-refractivity contribution in [3.63, 3.8) is 0 Å². The number of hydrogen-bond donors (Lipinski definition) is 5. The molecule has 11 aromatic rings. The third-order valence-electron chi connectivity index (χ3n) is 23.5. The number of halogens is 6. The molecule has 0 radical (unpaired) electrons. The molecule has 0 saturated carbocycles. The fourth-order valence-corrected chi connectivity index (χ4v) is 21.0. The van der Waals surface area contributed by atoms with Crippen LogP contribution in [0.3, 0.4) is 0 Å². The smallest absolute Gasteiger partial charge is 0.857 e. The monoisotopic (exact) mass is 2030 g/mol. The maximum Gasteiger partial charge on any atom is 1.00 e. The maximum absolute atomic E-state index is 13.9. The predicted octanol–water partition coefficient (Wildman–Crippen LogP) is 7.98. The Hall–Kier alpha value is -10.1. The molecular formula is C94H113F6N18NaO19S3. The van der Waals surface area contributed by atoms with Crippen LogP contribution in [0.15, 0.2) is 182 Å². The Kier molecular flexibility index (Phi) is 44.3. The number of carbonyl (C=O) groups is 2. The Morgan fingerprint density at radius 2 is 0.759 bits per heavy atom. The van der Waals surface area contributed by atoms with Gasteiger partial charge in [0.25, 0.3) is 0 Å². The van der Waals surface area contributed by atoms with Gasteiger partial charge in [-0.25, -0.2) is 49.8 Å². The molecule has 0 bridgehead atoms. The fraction of sp³-hybridized carbons (Fsp3) is 0.468. The van der Waals surface area contributed by atoms with Gasteiger partial charge in [0.05, 0.1) is 142 Å². The zero-order valence-corrected chi connectivity index (χ0v) is 80.5. The van der Waals surface area contributed by atoms with E-state index in [0.717, 1.165) is 7.11 Å². The molecule has 5 aromatic heterocycles. The van der Waals surface area contributed by atoms with Gasteiger partial charge in [-0.2, -0.15) is 7.11 Å². The normalized spacial score (nSPS) is 27.2. The third kappa shape index (κ3) is 28.7. The number of ether oxygens (including phenoxy) is 11. The Balaban J connectivity index is 0.000000222. The van der Waals surface area contributed by atoms with Crippen molar-refractivity contribution >= 4 is 47.2 Å². The van der Waals surface area contributed by atoms with Crippen LogP contribution in [0, 0.1) is 59.1 Å². The first-order chi connectivity index (χ1) is 66.2. The molecule has 24 atom stereocenters. The molecule has 754 valence electrons.